The number of hydrogen-bond donors (Lipinski definition) is 0. The lowest BCUT2D eigenvalue weighted by Crippen LogP contribution is -2.10. The van der Waals surface area contributed by atoms with Gasteiger partial charge in [0.2, 0.25) is 0 Å². The topological polar surface area (TPSA) is 27.8 Å². The number of hydrazone groups is 1. The van der Waals surface area contributed by atoms with E-state index in [9.17, 15) is 0 Å². The number of rotatable bonds is 8. The normalized spacial score (nSPS) is 16.2. The molecule has 4 heteroatoms. The summed E-state index contributed by atoms with van der Waals surface area (Å²) in [4.78, 5) is 0. The molecular weight excluding hydrogens is 274 g/mol. The zero-order chi connectivity index (χ0) is 17.0. The van der Waals surface area contributed by atoms with Crippen LogP contribution in [0.1, 0.15) is 27.7 Å². The molecule has 0 saturated carbocycles. The third-order valence-corrected chi connectivity index (χ3v) is 3.20. The minimum atomic E-state index is 0.0854. The van der Waals surface area contributed by atoms with E-state index in [1.165, 1.54) is 0 Å². The van der Waals surface area contributed by atoms with E-state index in [0.29, 0.717) is 0 Å². The molecule has 0 radical (unpaired) electrons. The Morgan fingerprint density at radius 3 is 2.36 bits per heavy atom. The lowest BCUT2D eigenvalue weighted by atomic mass is 10.2. The molecule has 0 fully saturated rings. The average molecular weight is 304 g/mol. The Balaban J connectivity index is 4.89. The Morgan fingerprint density at radius 2 is 1.86 bits per heavy atom. The van der Waals surface area contributed by atoms with Crippen LogP contribution in [0.4, 0.5) is 0 Å². The average Bonchev–Trinajstić information content (AvgIpc) is 2.54. The Hall–Kier alpha value is -1.94. The van der Waals surface area contributed by atoms with Crippen molar-refractivity contribution in [3.8, 4) is 0 Å². The van der Waals surface area contributed by atoms with E-state index >= 15 is 0 Å². The largest absolute Gasteiger partial charge is 0.378 e. The maximum absolute atomic E-state index is 5.21. The number of nitrogens with zero attached hydrogens (tertiary/aromatic N) is 3. The third kappa shape index (κ3) is 8.37. The first-order chi connectivity index (χ1) is 10.5. The van der Waals surface area contributed by atoms with Gasteiger partial charge in [-0.1, -0.05) is 18.2 Å². The Labute approximate surface area is 135 Å². The summed E-state index contributed by atoms with van der Waals surface area (Å²) in [6, 6.07) is 0. The van der Waals surface area contributed by atoms with Crippen molar-refractivity contribution < 1.29 is 9.31 Å². The lowest BCUT2D eigenvalue weighted by molar-refractivity contribution is -0.417. The van der Waals surface area contributed by atoms with Crippen molar-refractivity contribution in [2.75, 3.05) is 21.2 Å². The maximum atomic E-state index is 5.21. The fourth-order valence-corrected chi connectivity index (χ4v) is 1.43. The van der Waals surface area contributed by atoms with E-state index in [-0.39, 0.29) is 6.10 Å². The SMILES string of the molecule is CC=[N+](C)\C=C/C(/C=N/N(C)C(/C=C\C(C)OC)=C/C)=C\C. The lowest BCUT2D eigenvalue weighted by Gasteiger charge is -2.14. The second-order valence-corrected chi connectivity index (χ2v) is 4.81. The monoisotopic (exact) mass is 304 g/mol. The van der Waals surface area contributed by atoms with Gasteiger partial charge < -0.3 is 4.74 Å². The predicted octanol–water partition coefficient (Wildman–Crippen LogP) is 3.59. The van der Waals surface area contributed by atoms with Crippen LogP contribution >= 0.6 is 0 Å². The summed E-state index contributed by atoms with van der Waals surface area (Å²) in [6.07, 6.45) is 16.0. The molecule has 122 valence electrons. The molecule has 0 heterocycles. The molecule has 0 bridgehead atoms. The van der Waals surface area contributed by atoms with Crippen LogP contribution in [-0.4, -0.2) is 49.3 Å². The number of methoxy groups -OCH3 is 1. The standard InChI is InChI=1S/C18H30N3O/c1-8-17(13-14-20(5)10-3)15-19-21(6)18(9-2)12-11-16(4)22-7/h8-16H,1-7H3/q+1/b12-11-,14-13-,17-8+,18-9+,19-15+,20-10?. The molecule has 0 saturated heterocycles. The summed E-state index contributed by atoms with van der Waals surface area (Å²) < 4.78 is 7.20. The molecule has 0 aliphatic carbocycles. The third-order valence-electron chi connectivity index (χ3n) is 3.20. The first-order valence-corrected chi connectivity index (χ1v) is 7.49. The van der Waals surface area contributed by atoms with Crippen molar-refractivity contribution in [1.29, 1.82) is 0 Å². The van der Waals surface area contributed by atoms with Crippen molar-refractivity contribution in [2.45, 2.75) is 33.8 Å². The molecule has 1 unspecified atom stereocenters. The van der Waals surface area contributed by atoms with E-state index in [1.807, 2.05) is 100 Å². The molecule has 0 aliphatic rings. The summed E-state index contributed by atoms with van der Waals surface area (Å²) >= 11 is 0. The van der Waals surface area contributed by atoms with Crippen molar-refractivity contribution in [3.63, 3.8) is 0 Å². The summed E-state index contributed by atoms with van der Waals surface area (Å²) in [5.74, 6) is 0. The molecule has 0 aliphatic heterocycles. The number of allylic oxidation sites excluding steroid dienone is 5. The van der Waals surface area contributed by atoms with Crippen LogP contribution in [0.3, 0.4) is 0 Å². The molecule has 0 N–H and O–H groups in total. The smallest absolute Gasteiger partial charge is 0.168 e. The van der Waals surface area contributed by atoms with Crippen LogP contribution in [0.5, 0.6) is 0 Å². The first kappa shape index (κ1) is 20.1. The van der Waals surface area contributed by atoms with Gasteiger partial charge in [0.15, 0.2) is 6.20 Å². The Morgan fingerprint density at radius 1 is 1.18 bits per heavy atom. The van der Waals surface area contributed by atoms with Gasteiger partial charge in [-0.05, 0) is 32.4 Å². The molecule has 0 aromatic heterocycles. The molecule has 0 rings (SSSR count). The fourth-order valence-electron chi connectivity index (χ4n) is 1.43. The van der Waals surface area contributed by atoms with Crippen LogP contribution < -0.4 is 0 Å². The number of hydrogen-bond acceptors (Lipinski definition) is 3. The van der Waals surface area contributed by atoms with Crippen LogP contribution in [0.2, 0.25) is 0 Å². The van der Waals surface area contributed by atoms with Gasteiger partial charge in [0.1, 0.15) is 13.3 Å². The Kier molecular flexibility index (Phi) is 10.7. The van der Waals surface area contributed by atoms with Gasteiger partial charge in [-0.2, -0.15) is 5.10 Å². The van der Waals surface area contributed by atoms with Crippen LogP contribution in [0.15, 0.2) is 53.0 Å². The van der Waals surface area contributed by atoms with Gasteiger partial charge in [-0.3, -0.25) is 5.01 Å². The minimum Gasteiger partial charge on any atom is -0.378 e. The molecule has 1 atom stereocenters. The molecule has 4 nitrogen and oxygen atoms in total. The van der Waals surface area contributed by atoms with Crippen molar-refractivity contribution >= 4 is 12.4 Å². The van der Waals surface area contributed by atoms with Gasteiger partial charge in [-0.15, -0.1) is 0 Å². The highest BCUT2D eigenvalue weighted by molar-refractivity contribution is 5.81. The fraction of sp³-hybridized carbons (Fsp3) is 0.444. The first-order valence-electron chi connectivity index (χ1n) is 7.49. The Bertz CT molecular complexity index is 496. The predicted molar refractivity (Wildman–Crippen MR) is 96.4 cm³/mol. The summed E-state index contributed by atoms with van der Waals surface area (Å²) in [6.45, 7) is 7.98. The van der Waals surface area contributed by atoms with Gasteiger partial charge in [-0.25, -0.2) is 4.58 Å². The van der Waals surface area contributed by atoms with Crippen molar-refractivity contribution in [1.82, 2.24) is 5.01 Å². The zero-order valence-corrected chi connectivity index (χ0v) is 14.9. The summed E-state index contributed by atoms with van der Waals surface area (Å²) in [5.41, 5.74) is 2.06. The number of ether oxygens (including phenoxy) is 1. The summed E-state index contributed by atoms with van der Waals surface area (Å²) in [7, 11) is 5.62. The van der Waals surface area contributed by atoms with Crippen LogP contribution in [-0.2, 0) is 4.74 Å². The van der Waals surface area contributed by atoms with Crippen molar-refractivity contribution in [3.05, 3.63) is 47.9 Å². The molecule has 22 heavy (non-hydrogen) atoms. The van der Waals surface area contributed by atoms with E-state index in [0.717, 1.165) is 11.3 Å². The maximum Gasteiger partial charge on any atom is 0.168 e. The highest BCUT2D eigenvalue weighted by Gasteiger charge is 1.99. The quantitative estimate of drug-likeness (QED) is 0.297. The van der Waals surface area contributed by atoms with Crippen LogP contribution in [0, 0.1) is 0 Å². The van der Waals surface area contributed by atoms with Gasteiger partial charge in [0, 0.05) is 27.2 Å². The van der Waals surface area contributed by atoms with E-state index in [1.54, 1.807) is 7.11 Å². The highest BCUT2D eigenvalue weighted by atomic mass is 16.5. The molecule has 0 amide bonds. The van der Waals surface area contributed by atoms with E-state index in [2.05, 4.69) is 5.10 Å². The van der Waals surface area contributed by atoms with Gasteiger partial charge >= 0.3 is 0 Å². The molecule has 0 spiro atoms. The molecule has 0 aromatic carbocycles. The zero-order valence-electron chi connectivity index (χ0n) is 14.9. The van der Waals surface area contributed by atoms with Crippen molar-refractivity contribution in [2.24, 2.45) is 5.10 Å². The van der Waals surface area contributed by atoms with Gasteiger partial charge in [0.25, 0.3) is 0 Å². The minimum absolute atomic E-state index is 0.0854. The van der Waals surface area contributed by atoms with E-state index in [4.69, 9.17) is 4.74 Å². The second kappa shape index (κ2) is 11.7. The number of likely N-dealkylation sites (N-methyl/N-ethyl adjacent to an activating group) is 1. The van der Waals surface area contributed by atoms with Crippen LogP contribution in [0.25, 0.3) is 0 Å². The second-order valence-electron chi connectivity index (χ2n) is 4.81. The van der Waals surface area contributed by atoms with Gasteiger partial charge in [0.05, 0.1) is 18.0 Å². The highest BCUT2D eigenvalue weighted by Crippen LogP contribution is 2.06. The summed E-state index contributed by atoms with van der Waals surface area (Å²) in [5, 5.41) is 6.31. The molecule has 0 aromatic rings. The van der Waals surface area contributed by atoms with E-state index < -0.39 is 0 Å². The molecular formula is C18H30N3O+.